The summed E-state index contributed by atoms with van der Waals surface area (Å²) < 4.78 is 11.2. The van der Waals surface area contributed by atoms with Crippen LogP contribution < -0.4 is 10.1 Å². The van der Waals surface area contributed by atoms with E-state index in [2.05, 4.69) is 45.1 Å². The van der Waals surface area contributed by atoms with Gasteiger partial charge < -0.3 is 14.8 Å². The van der Waals surface area contributed by atoms with E-state index in [1.165, 1.54) is 16.7 Å². The van der Waals surface area contributed by atoms with Crippen molar-refractivity contribution in [1.82, 2.24) is 5.32 Å². The number of hydrogen-bond donors (Lipinski definition) is 1. The molecule has 19 heavy (non-hydrogen) atoms. The van der Waals surface area contributed by atoms with Crippen LogP contribution in [0.1, 0.15) is 43.0 Å². The molecule has 0 radical (unpaired) electrons. The van der Waals surface area contributed by atoms with Gasteiger partial charge in [0, 0.05) is 12.7 Å². The zero-order valence-electron chi connectivity index (χ0n) is 13.0. The third-order valence-corrected chi connectivity index (χ3v) is 3.53. The highest BCUT2D eigenvalue weighted by Gasteiger charge is 2.25. The van der Waals surface area contributed by atoms with Crippen molar-refractivity contribution in [3.05, 3.63) is 28.8 Å². The van der Waals surface area contributed by atoms with Gasteiger partial charge in [0.1, 0.15) is 5.75 Å². The molecule has 3 nitrogen and oxygen atoms in total. The molecule has 0 amide bonds. The number of aryl methyl sites for hydroxylation is 2. The fraction of sp³-hybridized carbons (Fsp3) is 0.625. The van der Waals surface area contributed by atoms with E-state index in [0.29, 0.717) is 0 Å². The van der Waals surface area contributed by atoms with Crippen molar-refractivity contribution in [2.45, 2.75) is 46.3 Å². The van der Waals surface area contributed by atoms with Crippen molar-refractivity contribution in [3.8, 4) is 5.75 Å². The number of ether oxygens (including phenoxy) is 2. The van der Waals surface area contributed by atoms with Gasteiger partial charge >= 0.3 is 0 Å². The molecule has 0 heterocycles. The monoisotopic (exact) mass is 265 g/mol. The van der Waals surface area contributed by atoms with E-state index in [1.807, 2.05) is 0 Å². The highest BCUT2D eigenvalue weighted by molar-refractivity contribution is 5.45. The standard InChI is InChI=1S/C16H27NO2/c1-7-13(18-5)16(17-8-2)15-12(4)9-11(3)10-14(15)19-6/h9-10,13,16-17H,7-8H2,1-6H3. The Morgan fingerprint density at radius 1 is 1.16 bits per heavy atom. The van der Waals surface area contributed by atoms with E-state index in [-0.39, 0.29) is 12.1 Å². The van der Waals surface area contributed by atoms with Crippen LogP contribution in [-0.2, 0) is 4.74 Å². The second-order valence-electron chi connectivity index (χ2n) is 4.92. The molecule has 0 bridgehead atoms. The predicted molar refractivity (Wildman–Crippen MR) is 80.0 cm³/mol. The van der Waals surface area contributed by atoms with Crippen molar-refractivity contribution in [2.75, 3.05) is 20.8 Å². The molecule has 2 unspecified atom stereocenters. The third kappa shape index (κ3) is 3.71. The van der Waals surface area contributed by atoms with E-state index < -0.39 is 0 Å². The van der Waals surface area contributed by atoms with Gasteiger partial charge in [-0.2, -0.15) is 0 Å². The molecule has 0 saturated carbocycles. The molecule has 3 heteroatoms. The van der Waals surface area contributed by atoms with Crippen molar-refractivity contribution < 1.29 is 9.47 Å². The average Bonchev–Trinajstić information content (AvgIpc) is 2.38. The number of nitrogens with one attached hydrogen (secondary N) is 1. The second kappa shape index (κ2) is 7.51. The molecule has 1 rings (SSSR count). The number of benzene rings is 1. The van der Waals surface area contributed by atoms with Crippen molar-refractivity contribution >= 4 is 0 Å². The first-order valence-corrected chi connectivity index (χ1v) is 7.00. The predicted octanol–water partition coefficient (Wildman–Crippen LogP) is 3.39. The minimum absolute atomic E-state index is 0.148. The van der Waals surface area contributed by atoms with Gasteiger partial charge in [-0.3, -0.25) is 0 Å². The summed E-state index contributed by atoms with van der Waals surface area (Å²) in [6, 6.07) is 4.45. The Kier molecular flexibility index (Phi) is 6.32. The largest absolute Gasteiger partial charge is 0.496 e. The van der Waals surface area contributed by atoms with Crippen LogP contribution in [0.2, 0.25) is 0 Å². The van der Waals surface area contributed by atoms with E-state index in [4.69, 9.17) is 9.47 Å². The van der Waals surface area contributed by atoms with Gasteiger partial charge in [-0.25, -0.2) is 0 Å². The van der Waals surface area contributed by atoms with Crippen molar-refractivity contribution in [2.24, 2.45) is 0 Å². The fourth-order valence-electron chi connectivity index (χ4n) is 2.68. The molecule has 108 valence electrons. The zero-order valence-corrected chi connectivity index (χ0v) is 13.0. The van der Waals surface area contributed by atoms with Crippen LogP contribution in [0.15, 0.2) is 12.1 Å². The fourth-order valence-corrected chi connectivity index (χ4v) is 2.68. The Hall–Kier alpha value is -1.06. The van der Waals surface area contributed by atoms with Crippen LogP contribution in [0.5, 0.6) is 5.75 Å². The highest BCUT2D eigenvalue weighted by atomic mass is 16.5. The highest BCUT2D eigenvalue weighted by Crippen LogP contribution is 2.33. The molecule has 0 fully saturated rings. The molecule has 1 aromatic rings. The summed E-state index contributed by atoms with van der Waals surface area (Å²) in [5.41, 5.74) is 3.68. The Morgan fingerprint density at radius 2 is 1.84 bits per heavy atom. The van der Waals surface area contributed by atoms with Crippen LogP contribution >= 0.6 is 0 Å². The molecule has 0 aliphatic carbocycles. The summed E-state index contributed by atoms with van der Waals surface area (Å²) in [6.45, 7) is 9.40. The molecule has 0 aliphatic rings. The van der Waals surface area contributed by atoms with Gasteiger partial charge in [0.2, 0.25) is 0 Å². The van der Waals surface area contributed by atoms with E-state index >= 15 is 0 Å². The molecule has 0 saturated heterocycles. The maximum absolute atomic E-state index is 5.64. The molecule has 0 aromatic heterocycles. The third-order valence-electron chi connectivity index (χ3n) is 3.53. The van der Waals surface area contributed by atoms with E-state index in [1.54, 1.807) is 14.2 Å². The minimum atomic E-state index is 0.148. The lowest BCUT2D eigenvalue weighted by Gasteiger charge is -2.29. The molecule has 1 aromatic carbocycles. The zero-order chi connectivity index (χ0) is 14.4. The van der Waals surface area contributed by atoms with Gasteiger partial charge in [0.15, 0.2) is 0 Å². The molecule has 0 aliphatic heterocycles. The molecule has 2 atom stereocenters. The summed E-state index contributed by atoms with van der Waals surface area (Å²) in [6.07, 6.45) is 1.11. The Labute approximate surface area is 117 Å². The first-order chi connectivity index (χ1) is 9.08. The molecule has 0 spiro atoms. The minimum Gasteiger partial charge on any atom is -0.496 e. The molecular formula is C16H27NO2. The maximum atomic E-state index is 5.64. The Balaban J connectivity index is 3.28. The first kappa shape index (κ1) is 16.0. The lowest BCUT2D eigenvalue weighted by Crippen LogP contribution is -2.33. The van der Waals surface area contributed by atoms with Crippen molar-refractivity contribution in [3.63, 3.8) is 0 Å². The molecular weight excluding hydrogens is 238 g/mol. The summed E-state index contributed by atoms with van der Waals surface area (Å²) in [4.78, 5) is 0. The van der Waals surface area contributed by atoms with Gasteiger partial charge in [0.25, 0.3) is 0 Å². The van der Waals surface area contributed by atoms with Gasteiger partial charge in [-0.15, -0.1) is 0 Å². The normalized spacial score (nSPS) is 14.2. The SMILES string of the molecule is CCNC(c1c(C)cc(C)cc1OC)C(CC)OC. The number of hydrogen-bond acceptors (Lipinski definition) is 3. The lowest BCUT2D eigenvalue weighted by atomic mass is 9.93. The maximum Gasteiger partial charge on any atom is 0.124 e. The van der Waals surface area contributed by atoms with Crippen LogP contribution in [0.3, 0.4) is 0 Å². The Bertz CT molecular complexity index is 400. The molecule has 1 N–H and O–H groups in total. The number of likely N-dealkylation sites (N-methyl/N-ethyl adjacent to an activating group) is 1. The van der Waals surface area contributed by atoms with Gasteiger partial charge in [-0.05, 0) is 44.0 Å². The first-order valence-electron chi connectivity index (χ1n) is 7.00. The van der Waals surface area contributed by atoms with Crippen LogP contribution in [0, 0.1) is 13.8 Å². The van der Waals surface area contributed by atoms with Crippen LogP contribution in [0.25, 0.3) is 0 Å². The number of rotatable bonds is 7. The summed E-state index contributed by atoms with van der Waals surface area (Å²) in [5.74, 6) is 0.943. The summed E-state index contributed by atoms with van der Waals surface area (Å²) >= 11 is 0. The number of methoxy groups -OCH3 is 2. The van der Waals surface area contributed by atoms with Crippen molar-refractivity contribution in [1.29, 1.82) is 0 Å². The van der Waals surface area contributed by atoms with E-state index in [9.17, 15) is 0 Å². The smallest absolute Gasteiger partial charge is 0.124 e. The Morgan fingerprint density at radius 3 is 2.32 bits per heavy atom. The second-order valence-corrected chi connectivity index (χ2v) is 4.92. The lowest BCUT2D eigenvalue weighted by molar-refractivity contribution is 0.0645. The summed E-state index contributed by atoms with van der Waals surface area (Å²) in [7, 11) is 3.50. The average molecular weight is 265 g/mol. The van der Waals surface area contributed by atoms with Crippen LogP contribution in [-0.4, -0.2) is 26.9 Å². The van der Waals surface area contributed by atoms with E-state index in [0.717, 1.165) is 18.7 Å². The van der Waals surface area contributed by atoms with Gasteiger partial charge in [-0.1, -0.05) is 19.9 Å². The van der Waals surface area contributed by atoms with Gasteiger partial charge in [0.05, 0.1) is 19.3 Å². The quantitative estimate of drug-likeness (QED) is 0.819. The summed E-state index contributed by atoms with van der Waals surface area (Å²) in [5, 5.41) is 3.53. The topological polar surface area (TPSA) is 30.5 Å². The van der Waals surface area contributed by atoms with Crippen LogP contribution in [0.4, 0.5) is 0 Å².